The highest BCUT2D eigenvalue weighted by Crippen LogP contribution is 2.16. The van der Waals surface area contributed by atoms with E-state index in [9.17, 15) is 26.9 Å². The number of rotatable bonds is 12. The van der Waals surface area contributed by atoms with Crippen LogP contribution in [-0.4, -0.2) is 42.0 Å². The van der Waals surface area contributed by atoms with Crippen LogP contribution in [0.4, 0.5) is 0 Å². The van der Waals surface area contributed by atoms with Gasteiger partial charge < -0.3 is 4.74 Å². The molecule has 0 aliphatic heterocycles. The Balaban J connectivity index is 1.99. The van der Waals surface area contributed by atoms with E-state index in [1.165, 1.54) is 36.4 Å². The monoisotopic (exact) mass is 493 g/mol. The average Bonchev–Trinajstić information content (AvgIpc) is 2.78. The molecule has 0 bridgehead atoms. The van der Waals surface area contributed by atoms with E-state index in [-0.39, 0.29) is 34.9 Å². The van der Waals surface area contributed by atoms with Gasteiger partial charge in [-0.2, -0.15) is 9.98 Å². The zero-order valence-corrected chi connectivity index (χ0v) is 20.1. The summed E-state index contributed by atoms with van der Waals surface area (Å²) in [6, 6.07) is 12.8. The molecule has 178 valence electrons. The third kappa shape index (κ3) is 7.64. The lowest BCUT2D eigenvalue weighted by Gasteiger charge is -2.18. The minimum Gasteiger partial charge on any atom is -0.465 e. The standard InChI is InChI=1S/C22H27N3O6S2/c1-3-31-22(26)20(25-33(29,30)21-10-5-4-8-18(21)16-23)9-6-7-15-24-32(27,28)19-13-11-17(2)12-14-19/h4-5,8,10-14,20,24-25H,3,6-7,9,15H2,1-2H3. The maximum atomic E-state index is 12.8. The topological polar surface area (TPSA) is 142 Å². The number of nitriles is 1. The van der Waals surface area contributed by atoms with E-state index in [1.807, 2.05) is 13.0 Å². The fraction of sp³-hybridized carbons (Fsp3) is 0.364. The van der Waals surface area contributed by atoms with Crippen molar-refractivity contribution in [2.24, 2.45) is 0 Å². The number of ether oxygens (including phenoxy) is 1. The van der Waals surface area contributed by atoms with E-state index in [2.05, 4.69) is 9.44 Å². The Morgan fingerprint density at radius 3 is 2.33 bits per heavy atom. The van der Waals surface area contributed by atoms with Crippen molar-refractivity contribution in [3.8, 4) is 6.07 Å². The molecule has 2 aromatic carbocycles. The number of aryl methyl sites for hydroxylation is 1. The highest BCUT2D eigenvalue weighted by molar-refractivity contribution is 7.89. The number of hydrogen-bond acceptors (Lipinski definition) is 7. The van der Waals surface area contributed by atoms with Gasteiger partial charge in [-0.1, -0.05) is 29.8 Å². The molecule has 2 rings (SSSR count). The minimum atomic E-state index is -4.16. The van der Waals surface area contributed by atoms with Crippen LogP contribution in [0.25, 0.3) is 0 Å². The maximum absolute atomic E-state index is 12.8. The van der Waals surface area contributed by atoms with Gasteiger partial charge in [0.15, 0.2) is 0 Å². The molecule has 0 saturated carbocycles. The van der Waals surface area contributed by atoms with Crippen LogP contribution in [-0.2, 0) is 29.6 Å². The number of carbonyl (C=O) groups excluding carboxylic acids is 1. The van der Waals surface area contributed by atoms with E-state index in [1.54, 1.807) is 19.1 Å². The Labute approximate surface area is 194 Å². The molecule has 33 heavy (non-hydrogen) atoms. The predicted molar refractivity (Wildman–Crippen MR) is 122 cm³/mol. The molecule has 0 spiro atoms. The molecule has 0 fully saturated rings. The van der Waals surface area contributed by atoms with Gasteiger partial charge in [-0.15, -0.1) is 0 Å². The molecule has 0 saturated heterocycles. The Bertz CT molecular complexity index is 1200. The van der Waals surface area contributed by atoms with E-state index < -0.39 is 32.1 Å². The Morgan fingerprint density at radius 1 is 1.03 bits per heavy atom. The number of nitrogens with zero attached hydrogens (tertiary/aromatic N) is 1. The van der Waals surface area contributed by atoms with Crippen LogP contribution in [0, 0.1) is 18.3 Å². The lowest BCUT2D eigenvalue weighted by atomic mass is 10.1. The van der Waals surface area contributed by atoms with Gasteiger partial charge in [0.05, 0.1) is 22.0 Å². The van der Waals surface area contributed by atoms with Gasteiger partial charge in [0.1, 0.15) is 12.1 Å². The third-order valence-corrected chi connectivity index (χ3v) is 7.72. The second kappa shape index (κ2) is 11.9. The summed E-state index contributed by atoms with van der Waals surface area (Å²) < 4.78 is 60.0. The van der Waals surface area contributed by atoms with Crippen LogP contribution in [0.15, 0.2) is 58.3 Å². The smallest absolute Gasteiger partial charge is 0.324 e. The third-order valence-electron chi connectivity index (χ3n) is 4.71. The van der Waals surface area contributed by atoms with E-state index in [0.29, 0.717) is 12.8 Å². The van der Waals surface area contributed by atoms with Crippen molar-refractivity contribution in [1.29, 1.82) is 5.26 Å². The van der Waals surface area contributed by atoms with E-state index in [4.69, 9.17) is 4.74 Å². The molecule has 2 N–H and O–H groups in total. The average molecular weight is 494 g/mol. The molecule has 0 aliphatic rings. The van der Waals surface area contributed by atoms with Gasteiger partial charge in [-0.25, -0.2) is 21.6 Å². The van der Waals surface area contributed by atoms with Gasteiger partial charge >= 0.3 is 5.97 Å². The summed E-state index contributed by atoms with van der Waals surface area (Å²) in [5.74, 6) is -0.740. The highest BCUT2D eigenvalue weighted by atomic mass is 32.2. The maximum Gasteiger partial charge on any atom is 0.324 e. The Hall–Kier alpha value is -2.78. The van der Waals surface area contributed by atoms with Crippen LogP contribution in [0.5, 0.6) is 0 Å². The first-order chi connectivity index (χ1) is 15.6. The Kier molecular flexibility index (Phi) is 9.55. The molecule has 0 aliphatic carbocycles. The van der Waals surface area contributed by atoms with Crippen LogP contribution in [0.1, 0.15) is 37.3 Å². The molecule has 0 aromatic heterocycles. The van der Waals surface area contributed by atoms with Crippen molar-refractivity contribution in [1.82, 2.24) is 9.44 Å². The summed E-state index contributed by atoms with van der Waals surface area (Å²) in [6.07, 6.45) is 0.818. The van der Waals surface area contributed by atoms with Crippen molar-refractivity contribution in [2.45, 2.75) is 48.9 Å². The number of hydrogen-bond donors (Lipinski definition) is 2. The molecule has 0 radical (unpaired) electrons. The molecule has 0 amide bonds. The molecule has 2 aromatic rings. The van der Waals surface area contributed by atoms with Crippen LogP contribution >= 0.6 is 0 Å². The van der Waals surface area contributed by atoms with Crippen LogP contribution in [0.2, 0.25) is 0 Å². The summed E-state index contributed by atoms with van der Waals surface area (Å²) in [5, 5.41) is 9.18. The largest absolute Gasteiger partial charge is 0.465 e. The molecule has 11 heteroatoms. The first kappa shape index (κ1) is 26.5. The van der Waals surface area contributed by atoms with Gasteiger partial charge in [0.25, 0.3) is 0 Å². The number of unbranched alkanes of at least 4 members (excludes halogenated alkanes) is 1. The lowest BCUT2D eigenvalue weighted by molar-refractivity contribution is -0.145. The van der Waals surface area contributed by atoms with Crippen molar-refractivity contribution < 1.29 is 26.4 Å². The number of sulfonamides is 2. The summed E-state index contributed by atoms with van der Waals surface area (Å²) in [4.78, 5) is 12.2. The van der Waals surface area contributed by atoms with Gasteiger partial charge in [0, 0.05) is 6.54 Å². The SMILES string of the molecule is CCOC(=O)C(CCCCNS(=O)(=O)c1ccc(C)cc1)NS(=O)(=O)c1ccccc1C#N. The summed E-state index contributed by atoms with van der Waals surface area (Å²) in [5.41, 5.74) is 0.900. The Morgan fingerprint density at radius 2 is 1.70 bits per heavy atom. The summed E-state index contributed by atoms with van der Waals surface area (Å²) in [7, 11) is -7.81. The van der Waals surface area contributed by atoms with Crippen LogP contribution < -0.4 is 9.44 Å². The summed E-state index contributed by atoms with van der Waals surface area (Å²) >= 11 is 0. The fourth-order valence-corrected chi connectivity index (χ4v) is 5.44. The normalized spacial score (nSPS) is 12.6. The first-order valence-corrected chi connectivity index (χ1v) is 13.3. The first-order valence-electron chi connectivity index (χ1n) is 10.3. The number of carbonyl (C=O) groups is 1. The predicted octanol–water partition coefficient (Wildman–Crippen LogP) is 2.23. The zero-order chi connectivity index (χ0) is 24.5. The highest BCUT2D eigenvalue weighted by Gasteiger charge is 2.28. The summed E-state index contributed by atoms with van der Waals surface area (Å²) in [6.45, 7) is 3.66. The molecule has 1 atom stereocenters. The fourth-order valence-electron chi connectivity index (χ4n) is 2.99. The van der Waals surface area contributed by atoms with Gasteiger partial charge in [-0.3, -0.25) is 4.79 Å². The second-order valence-corrected chi connectivity index (χ2v) is 10.7. The minimum absolute atomic E-state index is 0.0434. The second-order valence-electron chi connectivity index (χ2n) is 7.24. The number of benzene rings is 2. The zero-order valence-electron chi connectivity index (χ0n) is 18.4. The molecule has 0 heterocycles. The van der Waals surface area contributed by atoms with E-state index >= 15 is 0 Å². The lowest BCUT2D eigenvalue weighted by Crippen LogP contribution is -2.42. The number of esters is 1. The van der Waals surface area contributed by atoms with Crippen molar-refractivity contribution >= 4 is 26.0 Å². The van der Waals surface area contributed by atoms with E-state index in [0.717, 1.165) is 5.56 Å². The molecule has 1 unspecified atom stereocenters. The van der Waals surface area contributed by atoms with Gasteiger partial charge in [-0.05, 0) is 57.4 Å². The van der Waals surface area contributed by atoms with Gasteiger partial charge in [0.2, 0.25) is 20.0 Å². The van der Waals surface area contributed by atoms with Crippen molar-refractivity contribution in [3.63, 3.8) is 0 Å². The quantitative estimate of drug-likeness (QED) is 0.341. The van der Waals surface area contributed by atoms with Crippen molar-refractivity contribution in [2.75, 3.05) is 13.2 Å². The van der Waals surface area contributed by atoms with Crippen molar-refractivity contribution in [3.05, 3.63) is 59.7 Å². The number of nitrogens with one attached hydrogen (secondary N) is 2. The molecule has 9 nitrogen and oxygen atoms in total. The molecular weight excluding hydrogens is 466 g/mol. The van der Waals surface area contributed by atoms with Crippen LogP contribution in [0.3, 0.4) is 0 Å². The molecular formula is C22H27N3O6S2.